The van der Waals surface area contributed by atoms with Crippen molar-refractivity contribution in [3.05, 3.63) is 0 Å². The lowest BCUT2D eigenvalue weighted by Gasteiger charge is -2.20. The van der Waals surface area contributed by atoms with Gasteiger partial charge in [0, 0.05) is 19.8 Å². The maximum Gasteiger partial charge on any atom is 0.303 e. The Morgan fingerprint density at radius 2 is 1.76 bits per heavy atom. The number of carbonyl (C=O) groups excluding carboxylic acids is 2. The van der Waals surface area contributed by atoms with E-state index in [2.05, 4.69) is 17.2 Å². The van der Waals surface area contributed by atoms with Gasteiger partial charge in [0.15, 0.2) is 6.10 Å². The first-order chi connectivity index (χ1) is 7.64. The van der Waals surface area contributed by atoms with Crippen LogP contribution in [-0.4, -0.2) is 23.5 Å². The van der Waals surface area contributed by atoms with Gasteiger partial charge in [-0.25, -0.2) is 0 Å². The van der Waals surface area contributed by atoms with Crippen LogP contribution in [0.1, 0.15) is 41.5 Å². The molecule has 0 aliphatic rings. The second-order valence-electron chi connectivity index (χ2n) is 4.85. The number of rotatable bonds is 3. The zero-order chi connectivity index (χ0) is 13.6. The van der Waals surface area contributed by atoms with Crippen molar-refractivity contribution >= 4 is 11.9 Å². The number of amides is 1. The molecular weight excluding hydrogens is 218 g/mol. The number of ether oxygens (including phenoxy) is 1. The fourth-order valence-electron chi connectivity index (χ4n) is 1.23. The van der Waals surface area contributed by atoms with Gasteiger partial charge in [-0.15, -0.1) is 0 Å². The molecule has 0 radical (unpaired) electrons. The zero-order valence-electron chi connectivity index (χ0n) is 11.4. The van der Waals surface area contributed by atoms with Gasteiger partial charge in [0.25, 0.3) is 0 Å². The van der Waals surface area contributed by atoms with Crippen LogP contribution in [0.15, 0.2) is 0 Å². The van der Waals surface area contributed by atoms with E-state index < -0.39 is 11.6 Å². The summed E-state index contributed by atoms with van der Waals surface area (Å²) >= 11 is 0. The first-order valence-corrected chi connectivity index (χ1v) is 5.62. The predicted molar refractivity (Wildman–Crippen MR) is 66.1 cm³/mol. The first-order valence-electron chi connectivity index (χ1n) is 5.62. The van der Waals surface area contributed by atoms with Crippen LogP contribution in [-0.2, 0) is 14.3 Å². The van der Waals surface area contributed by atoms with Gasteiger partial charge in [-0.3, -0.25) is 9.59 Å². The topological polar surface area (TPSA) is 55.4 Å². The molecule has 0 aromatic heterocycles. The number of hydrogen-bond donors (Lipinski definition) is 1. The van der Waals surface area contributed by atoms with Gasteiger partial charge in [0.2, 0.25) is 5.91 Å². The molecule has 0 aromatic carbocycles. The van der Waals surface area contributed by atoms with Crippen molar-refractivity contribution in [1.29, 1.82) is 0 Å². The highest BCUT2D eigenvalue weighted by molar-refractivity contribution is 5.74. The number of hydrogen-bond acceptors (Lipinski definition) is 3. The van der Waals surface area contributed by atoms with Gasteiger partial charge in [-0.05, 0) is 13.8 Å². The molecule has 1 N–H and O–H groups in total. The highest BCUT2D eigenvalue weighted by Crippen LogP contribution is 2.07. The summed E-state index contributed by atoms with van der Waals surface area (Å²) in [5, 5.41) is 2.71. The van der Waals surface area contributed by atoms with E-state index in [1.54, 1.807) is 13.8 Å². The van der Waals surface area contributed by atoms with Crippen LogP contribution in [0.2, 0.25) is 0 Å². The molecule has 0 fully saturated rings. The van der Waals surface area contributed by atoms with E-state index in [4.69, 9.17) is 4.74 Å². The summed E-state index contributed by atoms with van der Waals surface area (Å²) in [4.78, 5) is 21.9. The van der Waals surface area contributed by atoms with E-state index in [9.17, 15) is 9.59 Å². The molecule has 0 spiro atoms. The van der Waals surface area contributed by atoms with Crippen LogP contribution in [0.3, 0.4) is 0 Å². The van der Waals surface area contributed by atoms with Crippen molar-refractivity contribution in [3.63, 3.8) is 0 Å². The Kier molecular flexibility index (Phi) is 5.73. The van der Waals surface area contributed by atoms with Crippen LogP contribution in [0.5, 0.6) is 0 Å². The van der Waals surface area contributed by atoms with Crippen molar-refractivity contribution in [2.45, 2.75) is 53.2 Å². The Morgan fingerprint density at radius 1 is 1.24 bits per heavy atom. The monoisotopic (exact) mass is 239 g/mol. The van der Waals surface area contributed by atoms with Crippen molar-refractivity contribution in [1.82, 2.24) is 5.32 Å². The van der Waals surface area contributed by atoms with Gasteiger partial charge in [0.1, 0.15) is 0 Å². The smallest absolute Gasteiger partial charge is 0.303 e. The fourth-order valence-corrected chi connectivity index (χ4v) is 1.23. The van der Waals surface area contributed by atoms with E-state index in [0.29, 0.717) is 0 Å². The van der Waals surface area contributed by atoms with Gasteiger partial charge < -0.3 is 10.1 Å². The van der Waals surface area contributed by atoms with Crippen LogP contribution in [0.4, 0.5) is 0 Å². The standard InChI is InChI=1S/C13H21NO3/c1-9(2)12(17-11(4)16)7-8-13(5,6)14-10(3)15/h9,12H,1-6H3,(H,14,15). The lowest BCUT2D eigenvalue weighted by molar-refractivity contribution is -0.145. The van der Waals surface area contributed by atoms with Gasteiger partial charge in [-0.2, -0.15) is 0 Å². The molecule has 4 heteroatoms. The highest BCUT2D eigenvalue weighted by atomic mass is 16.5. The van der Waals surface area contributed by atoms with E-state index in [-0.39, 0.29) is 17.8 Å². The van der Waals surface area contributed by atoms with Crippen LogP contribution >= 0.6 is 0 Å². The SMILES string of the molecule is CC(=O)NC(C)(C)C#CC(OC(C)=O)C(C)C. The Hall–Kier alpha value is -1.50. The molecule has 0 aliphatic heterocycles. The van der Waals surface area contributed by atoms with E-state index in [1.807, 2.05) is 13.8 Å². The molecule has 0 aliphatic carbocycles. The van der Waals surface area contributed by atoms with Crippen molar-refractivity contribution in [2.24, 2.45) is 5.92 Å². The minimum atomic E-state index is -0.626. The molecule has 0 rings (SSSR count). The third-order valence-corrected chi connectivity index (χ3v) is 1.91. The third-order valence-electron chi connectivity index (χ3n) is 1.91. The quantitative estimate of drug-likeness (QED) is 0.599. The largest absolute Gasteiger partial charge is 0.449 e. The fraction of sp³-hybridized carbons (Fsp3) is 0.692. The molecule has 4 nitrogen and oxygen atoms in total. The average molecular weight is 239 g/mol. The van der Waals surface area contributed by atoms with Crippen molar-refractivity contribution in [2.75, 3.05) is 0 Å². The average Bonchev–Trinajstić information content (AvgIpc) is 2.08. The molecule has 0 saturated heterocycles. The molecule has 17 heavy (non-hydrogen) atoms. The number of carbonyl (C=O) groups is 2. The molecule has 1 amide bonds. The van der Waals surface area contributed by atoms with Gasteiger partial charge in [0.05, 0.1) is 5.54 Å². The van der Waals surface area contributed by atoms with Gasteiger partial charge in [-0.1, -0.05) is 25.7 Å². The Morgan fingerprint density at radius 3 is 2.12 bits per heavy atom. The summed E-state index contributed by atoms with van der Waals surface area (Å²) < 4.78 is 5.09. The van der Waals surface area contributed by atoms with Gasteiger partial charge >= 0.3 is 5.97 Å². The Balaban J connectivity index is 4.75. The van der Waals surface area contributed by atoms with Crippen molar-refractivity contribution < 1.29 is 14.3 Å². The summed E-state index contributed by atoms with van der Waals surface area (Å²) in [6.07, 6.45) is -0.444. The maximum atomic E-state index is 11.0. The van der Waals surface area contributed by atoms with E-state index in [1.165, 1.54) is 13.8 Å². The molecule has 1 atom stereocenters. The predicted octanol–water partition coefficient (Wildman–Crippen LogP) is 1.49. The summed E-state index contributed by atoms with van der Waals surface area (Å²) in [6.45, 7) is 10.2. The van der Waals surface area contributed by atoms with Crippen LogP contribution < -0.4 is 5.32 Å². The molecular formula is C13H21NO3. The summed E-state index contributed by atoms with van der Waals surface area (Å²) in [5.41, 5.74) is -0.626. The summed E-state index contributed by atoms with van der Waals surface area (Å²) in [6, 6.07) is 0. The normalized spacial score (nSPS) is 12.4. The zero-order valence-corrected chi connectivity index (χ0v) is 11.4. The van der Waals surface area contributed by atoms with Crippen LogP contribution in [0.25, 0.3) is 0 Å². The molecule has 1 unspecified atom stereocenters. The molecule has 0 heterocycles. The molecule has 96 valence electrons. The lowest BCUT2D eigenvalue weighted by atomic mass is 10.0. The maximum absolute atomic E-state index is 11.0. The van der Waals surface area contributed by atoms with E-state index >= 15 is 0 Å². The Labute approximate surface area is 103 Å². The highest BCUT2D eigenvalue weighted by Gasteiger charge is 2.17. The molecule has 0 bridgehead atoms. The number of nitrogens with one attached hydrogen (secondary N) is 1. The second kappa shape index (κ2) is 6.29. The first kappa shape index (κ1) is 15.5. The minimum Gasteiger partial charge on any atom is -0.449 e. The minimum absolute atomic E-state index is 0.111. The molecule has 0 aromatic rings. The molecule has 0 saturated carbocycles. The van der Waals surface area contributed by atoms with E-state index in [0.717, 1.165) is 0 Å². The lowest BCUT2D eigenvalue weighted by Crippen LogP contribution is -2.41. The third kappa shape index (κ3) is 7.40. The summed E-state index contributed by atoms with van der Waals surface area (Å²) in [7, 11) is 0. The second-order valence-corrected chi connectivity index (χ2v) is 4.85. The van der Waals surface area contributed by atoms with Crippen molar-refractivity contribution in [3.8, 4) is 11.8 Å². The van der Waals surface area contributed by atoms with Crippen LogP contribution in [0, 0.1) is 17.8 Å². The number of esters is 1. The Bertz CT molecular complexity index is 347. The summed E-state index contributed by atoms with van der Waals surface area (Å²) in [5.74, 6) is 5.42.